The number of aliphatic carboxylic acids is 1. The first-order chi connectivity index (χ1) is 20.4. The van der Waals surface area contributed by atoms with Crippen molar-refractivity contribution in [2.45, 2.75) is 31.4 Å². The van der Waals surface area contributed by atoms with Crippen LogP contribution in [-0.4, -0.2) is 52.7 Å². The lowest BCUT2D eigenvalue weighted by Crippen LogP contribution is -2.44. The number of piperidine rings is 1. The summed E-state index contributed by atoms with van der Waals surface area (Å²) < 4.78 is 5.60. The van der Waals surface area contributed by atoms with Gasteiger partial charge in [0.1, 0.15) is 11.5 Å². The molecule has 5 rings (SSSR count). The van der Waals surface area contributed by atoms with E-state index in [1.54, 1.807) is 24.3 Å². The Labute approximate surface area is 254 Å². The van der Waals surface area contributed by atoms with Crippen molar-refractivity contribution in [3.05, 3.63) is 112 Å². The first kappa shape index (κ1) is 29.5. The highest BCUT2D eigenvalue weighted by molar-refractivity contribution is 6.42. The maximum Gasteiger partial charge on any atom is 0.328 e. The summed E-state index contributed by atoms with van der Waals surface area (Å²) in [4.78, 5) is 36.7. The van der Waals surface area contributed by atoms with Crippen LogP contribution in [0, 0.1) is 0 Å². The van der Waals surface area contributed by atoms with E-state index in [0.717, 1.165) is 31.5 Å². The molecule has 2 heterocycles. The second-order valence-corrected chi connectivity index (χ2v) is 10.9. The highest BCUT2D eigenvalue weighted by atomic mass is 35.5. The molecule has 1 aromatic heterocycles. The molecule has 0 saturated carbocycles. The van der Waals surface area contributed by atoms with Crippen molar-refractivity contribution in [2.24, 2.45) is 0 Å². The quantitative estimate of drug-likeness (QED) is 0.221. The highest BCUT2D eigenvalue weighted by Crippen LogP contribution is 2.32. The zero-order chi connectivity index (χ0) is 29.5. The lowest BCUT2D eigenvalue weighted by molar-refractivity contribution is -0.141. The maximum absolute atomic E-state index is 13.4. The number of rotatable bonds is 10. The molecular weight excluding hydrogens is 575 g/mol. The summed E-state index contributed by atoms with van der Waals surface area (Å²) in [6, 6.07) is 25.2. The van der Waals surface area contributed by atoms with Crippen LogP contribution in [0.2, 0.25) is 10.0 Å². The molecule has 1 amide bonds. The van der Waals surface area contributed by atoms with Crippen LogP contribution in [0.5, 0.6) is 0 Å². The van der Waals surface area contributed by atoms with Gasteiger partial charge in [-0.3, -0.25) is 4.79 Å². The zero-order valence-corrected chi connectivity index (χ0v) is 24.3. The summed E-state index contributed by atoms with van der Waals surface area (Å²) in [6.07, 6.45) is 1.86. The topological polar surface area (TPSA) is 105 Å². The van der Waals surface area contributed by atoms with Gasteiger partial charge in [0.25, 0.3) is 5.91 Å². The molecule has 1 aliphatic rings. The number of carboxylic acid groups (broad SMARTS) is 1. The summed E-state index contributed by atoms with van der Waals surface area (Å²) in [7, 11) is 0. The number of hydrogen-bond donors (Lipinski definition) is 2. The molecule has 4 aromatic rings. The Morgan fingerprint density at radius 3 is 2.29 bits per heavy atom. The Balaban J connectivity index is 1.36. The fourth-order valence-electron chi connectivity index (χ4n) is 4.92. The van der Waals surface area contributed by atoms with Crippen molar-refractivity contribution in [3.63, 3.8) is 0 Å². The van der Waals surface area contributed by atoms with Crippen LogP contribution in [0.25, 0.3) is 11.4 Å². The fraction of sp³-hybridized carbons (Fsp3) is 0.250. The van der Waals surface area contributed by atoms with Crippen LogP contribution in [0.15, 0.2) is 84.9 Å². The SMILES string of the molecule is O=C(NC(COCc1ccccc1)C(=O)O)c1cc(N2CCC(c3ccccc3)CC2)nc(-c2ccc(Cl)c(Cl)c2)n1. The van der Waals surface area contributed by atoms with Crippen LogP contribution in [0.1, 0.15) is 40.4 Å². The molecule has 216 valence electrons. The number of halogens is 2. The van der Waals surface area contributed by atoms with Crippen LogP contribution < -0.4 is 10.2 Å². The van der Waals surface area contributed by atoms with Crippen LogP contribution >= 0.6 is 23.2 Å². The molecule has 1 unspecified atom stereocenters. The van der Waals surface area contributed by atoms with Gasteiger partial charge in [-0.2, -0.15) is 0 Å². The standard InChI is InChI=1S/C32H30Cl2N4O4/c33-25-12-11-24(17-26(25)34)30-35-27(31(39)36-28(32(40)41)20-42-19-21-7-3-1-4-8-21)18-29(37-30)38-15-13-23(14-16-38)22-9-5-2-6-10-22/h1-12,17-18,23,28H,13-16,19-20H2,(H,36,39)(H,40,41). The lowest BCUT2D eigenvalue weighted by atomic mass is 9.89. The molecule has 10 heteroatoms. The Hall–Kier alpha value is -3.98. The second-order valence-electron chi connectivity index (χ2n) is 10.1. The van der Waals surface area contributed by atoms with Crippen molar-refractivity contribution < 1.29 is 19.4 Å². The van der Waals surface area contributed by atoms with Gasteiger partial charge in [-0.15, -0.1) is 0 Å². The van der Waals surface area contributed by atoms with Crippen molar-refractivity contribution in [2.75, 3.05) is 24.6 Å². The van der Waals surface area contributed by atoms with Gasteiger partial charge >= 0.3 is 5.97 Å². The summed E-state index contributed by atoms with van der Waals surface area (Å²) in [6.45, 7) is 1.49. The Morgan fingerprint density at radius 2 is 1.62 bits per heavy atom. The number of carbonyl (C=O) groups is 2. The average Bonchev–Trinajstić information content (AvgIpc) is 3.02. The number of anilines is 1. The maximum atomic E-state index is 13.4. The number of hydrogen-bond acceptors (Lipinski definition) is 6. The van der Waals surface area contributed by atoms with E-state index in [4.69, 9.17) is 32.9 Å². The van der Waals surface area contributed by atoms with Gasteiger partial charge in [-0.05, 0) is 48.1 Å². The number of ether oxygens (including phenoxy) is 1. The van der Waals surface area contributed by atoms with E-state index < -0.39 is 17.9 Å². The number of carbonyl (C=O) groups excluding carboxylic acids is 1. The summed E-state index contributed by atoms with van der Waals surface area (Å²) >= 11 is 12.4. The van der Waals surface area contributed by atoms with Gasteiger partial charge in [0.2, 0.25) is 0 Å². The Bertz CT molecular complexity index is 1530. The molecule has 1 aliphatic heterocycles. The highest BCUT2D eigenvalue weighted by Gasteiger charge is 2.26. The third kappa shape index (κ3) is 7.45. The molecule has 8 nitrogen and oxygen atoms in total. The summed E-state index contributed by atoms with van der Waals surface area (Å²) in [5.74, 6) is -0.550. The first-order valence-electron chi connectivity index (χ1n) is 13.7. The van der Waals surface area contributed by atoms with Crippen molar-refractivity contribution in [3.8, 4) is 11.4 Å². The van der Waals surface area contributed by atoms with E-state index in [-0.39, 0.29) is 24.7 Å². The van der Waals surface area contributed by atoms with E-state index in [1.165, 1.54) is 5.56 Å². The molecule has 0 bridgehead atoms. The molecule has 0 radical (unpaired) electrons. The summed E-state index contributed by atoms with van der Waals surface area (Å²) in [5.41, 5.74) is 2.84. The van der Waals surface area contributed by atoms with Crippen LogP contribution in [0.3, 0.4) is 0 Å². The van der Waals surface area contributed by atoms with Crippen molar-refractivity contribution in [1.29, 1.82) is 0 Å². The predicted molar refractivity (Wildman–Crippen MR) is 163 cm³/mol. The second kappa shape index (κ2) is 13.8. The van der Waals surface area contributed by atoms with E-state index in [0.29, 0.717) is 27.3 Å². The minimum atomic E-state index is -1.27. The minimum absolute atomic E-state index is 0.0422. The Morgan fingerprint density at radius 1 is 0.929 bits per heavy atom. The van der Waals surface area contributed by atoms with E-state index in [2.05, 4.69) is 39.5 Å². The molecule has 3 aromatic carbocycles. The molecule has 2 N–H and O–H groups in total. The molecule has 1 fully saturated rings. The minimum Gasteiger partial charge on any atom is -0.480 e. The molecule has 1 atom stereocenters. The number of carboxylic acids is 1. The monoisotopic (exact) mass is 604 g/mol. The number of nitrogens with one attached hydrogen (secondary N) is 1. The molecule has 0 spiro atoms. The largest absolute Gasteiger partial charge is 0.480 e. The third-order valence-electron chi connectivity index (χ3n) is 7.21. The van der Waals surface area contributed by atoms with E-state index in [1.807, 2.05) is 36.4 Å². The molecular formula is C32H30Cl2N4O4. The first-order valence-corrected chi connectivity index (χ1v) is 14.4. The lowest BCUT2D eigenvalue weighted by Gasteiger charge is -2.33. The van der Waals surface area contributed by atoms with Gasteiger partial charge in [0, 0.05) is 24.7 Å². The van der Waals surface area contributed by atoms with Gasteiger partial charge in [-0.1, -0.05) is 83.9 Å². The molecule has 1 saturated heterocycles. The number of nitrogens with zero attached hydrogens (tertiary/aromatic N) is 3. The van der Waals surface area contributed by atoms with E-state index >= 15 is 0 Å². The average molecular weight is 606 g/mol. The fourth-order valence-corrected chi connectivity index (χ4v) is 5.22. The predicted octanol–water partition coefficient (Wildman–Crippen LogP) is 6.23. The smallest absolute Gasteiger partial charge is 0.328 e. The number of benzene rings is 3. The summed E-state index contributed by atoms with van der Waals surface area (Å²) in [5, 5.41) is 13.0. The van der Waals surface area contributed by atoms with E-state index in [9.17, 15) is 14.7 Å². The van der Waals surface area contributed by atoms with Crippen molar-refractivity contribution in [1.82, 2.24) is 15.3 Å². The Kier molecular flexibility index (Phi) is 9.69. The van der Waals surface area contributed by atoms with Crippen molar-refractivity contribution >= 4 is 40.9 Å². The zero-order valence-electron chi connectivity index (χ0n) is 22.7. The van der Waals surface area contributed by atoms with Crippen LogP contribution in [-0.2, 0) is 16.1 Å². The number of aromatic nitrogens is 2. The van der Waals surface area contributed by atoms with Gasteiger partial charge in [0.05, 0.1) is 23.3 Å². The number of amides is 1. The van der Waals surface area contributed by atoms with Gasteiger partial charge < -0.3 is 20.1 Å². The molecule has 42 heavy (non-hydrogen) atoms. The van der Waals surface area contributed by atoms with Gasteiger partial charge in [0.15, 0.2) is 11.9 Å². The third-order valence-corrected chi connectivity index (χ3v) is 7.95. The van der Waals surface area contributed by atoms with Gasteiger partial charge in [-0.25, -0.2) is 14.8 Å². The normalized spacial score (nSPS) is 14.4. The molecule has 0 aliphatic carbocycles. The van der Waals surface area contributed by atoms with Crippen LogP contribution in [0.4, 0.5) is 5.82 Å².